The summed E-state index contributed by atoms with van der Waals surface area (Å²) < 4.78 is 0. The van der Waals surface area contributed by atoms with Gasteiger partial charge in [0, 0.05) is 24.7 Å². The molecule has 19 heavy (non-hydrogen) atoms. The topological polar surface area (TPSA) is 41.6 Å². The largest absolute Gasteiger partial charge is 0.370 e. The van der Waals surface area contributed by atoms with Crippen molar-refractivity contribution < 1.29 is 0 Å². The van der Waals surface area contributed by atoms with Crippen molar-refractivity contribution >= 4 is 17.6 Å². The summed E-state index contributed by atoms with van der Waals surface area (Å²) in [6.45, 7) is 5.09. The zero-order valence-electron chi connectivity index (χ0n) is 11.5. The van der Waals surface area contributed by atoms with E-state index in [9.17, 15) is 0 Å². The van der Waals surface area contributed by atoms with Crippen LogP contribution in [0.15, 0.2) is 29.3 Å². The van der Waals surface area contributed by atoms with Crippen LogP contribution >= 0.6 is 11.6 Å². The number of nitrogens with zero attached hydrogens (tertiary/aromatic N) is 2. The molecule has 1 aliphatic rings. The van der Waals surface area contributed by atoms with Crippen LogP contribution < -0.4 is 5.73 Å². The number of halogens is 1. The van der Waals surface area contributed by atoms with E-state index in [-0.39, 0.29) is 0 Å². The van der Waals surface area contributed by atoms with Gasteiger partial charge in [-0.1, -0.05) is 30.7 Å². The van der Waals surface area contributed by atoms with Crippen molar-refractivity contribution in [1.29, 1.82) is 0 Å². The monoisotopic (exact) mass is 279 g/mol. The Balaban J connectivity index is 1.82. The van der Waals surface area contributed by atoms with Crippen LogP contribution in [-0.2, 0) is 6.42 Å². The Kier molecular flexibility index (Phi) is 5.08. The van der Waals surface area contributed by atoms with Gasteiger partial charge >= 0.3 is 0 Å². The first-order chi connectivity index (χ1) is 9.15. The molecular weight excluding hydrogens is 258 g/mol. The highest BCUT2D eigenvalue weighted by molar-refractivity contribution is 6.30. The Labute approximate surface area is 120 Å². The fourth-order valence-electron chi connectivity index (χ4n) is 2.45. The third-order valence-corrected chi connectivity index (χ3v) is 3.82. The van der Waals surface area contributed by atoms with Crippen LogP contribution in [0, 0.1) is 5.92 Å². The molecule has 2 N–H and O–H groups in total. The number of benzene rings is 1. The van der Waals surface area contributed by atoms with Crippen LogP contribution in [0.1, 0.15) is 25.3 Å². The number of aliphatic imine (C=N–C) groups is 1. The number of piperidine rings is 1. The molecule has 1 aliphatic heterocycles. The van der Waals surface area contributed by atoms with Gasteiger partial charge in [-0.15, -0.1) is 0 Å². The minimum Gasteiger partial charge on any atom is -0.370 e. The van der Waals surface area contributed by atoms with Gasteiger partial charge in [0.05, 0.1) is 0 Å². The SMILES string of the molecule is CC1CCCN(C(N)=NCCc2ccc(Cl)cc2)C1. The lowest BCUT2D eigenvalue weighted by molar-refractivity contribution is 0.270. The van der Waals surface area contributed by atoms with E-state index in [0.717, 1.165) is 37.0 Å². The summed E-state index contributed by atoms with van der Waals surface area (Å²) in [7, 11) is 0. The first kappa shape index (κ1) is 14.2. The van der Waals surface area contributed by atoms with E-state index in [1.807, 2.05) is 24.3 Å². The van der Waals surface area contributed by atoms with E-state index in [1.165, 1.54) is 18.4 Å². The van der Waals surface area contributed by atoms with Crippen LogP contribution in [0.4, 0.5) is 0 Å². The molecule has 0 radical (unpaired) electrons. The first-order valence-corrected chi connectivity index (χ1v) is 7.32. The molecule has 4 heteroatoms. The van der Waals surface area contributed by atoms with Crippen LogP contribution in [0.3, 0.4) is 0 Å². The maximum atomic E-state index is 6.05. The van der Waals surface area contributed by atoms with E-state index < -0.39 is 0 Å². The minimum absolute atomic E-state index is 0.695. The summed E-state index contributed by atoms with van der Waals surface area (Å²) >= 11 is 5.86. The molecule has 1 fully saturated rings. The second-order valence-electron chi connectivity index (χ2n) is 5.31. The molecule has 1 aromatic carbocycles. The Morgan fingerprint density at radius 1 is 1.42 bits per heavy atom. The van der Waals surface area contributed by atoms with E-state index in [1.54, 1.807) is 0 Å². The average molecular weight is 280 g/mol. The molecule has 1 heterocycles. The molecule has 0 aromatic heterocycles. The van der Waals surface area contributed by atoms with E-state index >= 15 is 0 Å². The Morgan fingerprint density at radius 3 is 2.84 bits per heavy atom. The molecule has 1 atom stereocenters. The van der Waals surface area contributed by atoms with Crippen molar-refractivity contribution in [3.63, 3.8) is 0 Å². The zero-order chi connectivity index (χ0) is 13.7. The van der Waals surface area contributed by atoms with Gasteiger partial charge in [-0.3, -0.25) is 4.99 Å². The van der Waals surface area contributed by atoms with Crippen LogP contribution in [0.2, 0.25) is 5.02 Å². The highest BCUT2D eigenvalue weighted by Gasteiger charge is 2.17. The summed E-state index contributed by atoms with van der Waals surface area (Å²) in [5, 5.41) is 0.772. The summed E-state index contributed by atoms with van der Waals surface area (Å²) in [5.41, 5.74) is 7.30. The highest BCUT2D eigenvalue weighted by Crippen LogP contribution is 2.15. The number of hydrogen-bond acceptors (Lipinski definition) is 1. The summed E-state index contributed by atoms with van der Waals surface area (Å²) in [4.78, 5) is 6.69. The zero-order valence-corrected chi connectivity index (χ0v) is 12.2. The summed E-state index contributed by atoms with van der Waals surface area (Å²) in [6.07, 6.45) is 3.42. The smallest absolute Gasteiger partial charge is 0.191 e. The molecular formula is C15H22ClN3. The molecule has 1 unspecified atom stereocenters. The summed E-state index contributed by atoms with van der Waals surface area (Å²) in [6, 6.07) is 7.90. The average Bonchev–Trinajstić information content (AvgIpc) is 2.41. The van der Waals surface area contributed by atoms with Crippen molar-refractivity contribution in [3.05, 3.63) is 34.9 Å². The second-order valence-corrected chi connectivity index (χ2v) is 5.75. The lowest BCUT2D eigenvalue weighted by Crippen LogP contribution is -2.43. The molecule has 0 aliphatic carbocycles. The molecule has 2 rings (SSSR count). The fourth-order valence-corrected chi connectivity index (χ4v) is 2.57. The van der Waals surface area contributed by atoms with Crippen LogP contribution in [0.25, 0.3) is 0 Å². The number of rotatable bonds is 3. The normalized spacial score (nSPS) is 20.6. The highest BCUT2D eigenvalue weighted by atomic mass is 35.5. The van der Waals surface area contributed by atoms with Gasteiger partial charge < -0.3 is 10.6 Å². The lowest BCUT2D eigenvalue weighted by atomic mass is 10.0. The molecule has 104 valence electrons. The van der Waals surface area contributed by atoms with Gasteiger partial charge in [0.25, 0.3) is 0 Å². The van der Waals surface area contributed by atoms with Crippen molar-refractivity contribution in [3.8, 4) is 0 Å². The maximum absolute atomic E-state index is 6.05. The van der Waals surface area contributed by atoms with Crippen molar-refractivity contribution in [2.24, 2.45) is 16.6 Å². The van der Waals surface area contributed by atoms with Gasteiger partial charge in [0.15, 0.2) is 5.96 Å². The van der Waals surface area contributed by atoms with E-state index in [4.69, 9.17) is 17.3 Å². The molecule has 1 aromatic rings. The predicted octanol–water partition coefficient (Wildman–Crippen LogP) is 2.93. The number of guanidine groups is 1. The molecule has 0 spiro atoms. The fraction of sp³-hybridized carbons (Fsp3) is 0.533. The molecule has 0 saturated carbocycles. The maximum Gasteiger partial charge on any atom is 0.191 e. The third kappa shape index (κ3) is 4.43. The van der Waals surface area contributed by atoms with Crippen molar-refractivity contribution in [2.75, 3.05) is 19.6 Å². The Morgan fingerprint density at radius 2 is 2.16 bits per heavy atom. The van der Waals surface area contributed by atoms with Gasteiger partial charge in [-0.05, 0) is 42.9 Å². The van der Waals surface area contributed by atoms with Crippen molar-refractivity contribution in [2.45, 2.75) is 26.2 Å². The van der Waals surface area contributed by atoms with Gasteiger partial charge in [-0.2, -0.15) is 0 Å². The van der Waals surface area contributed by atoms with E-state index in [0.29, 0.717) is 5.96 Å². The lowest BCUT2D eigenvalue weighted by Gasteiger charge is -2.31. The number of hydrogen-bond donors (Lipinski definition) is 1. The van der Waals surface area contributed by atoms with Crippen LogP contribution in [0.5, 0.6) is 0 Å². The first-order valence-electron chi connectivity index (χ1n) is 6.94. The molecule has 3 nitrogen and oxygen atoms in total. The van der Waals surface area contributed by atoms with E-state index in [2.05, 4.69) is 16.8 Å². The van der Waals surface area contributed by atoms with Gasteiger partial charge in [0.2, 0.25) is 0 Å². The third-order valence-electron chi connectivity index (χ3n) is 3.57. The molecule has 0 bridgehead atoms. The number of likely N-dealkylation sites (tertiary alicyclic amines) is 1. The number of nitrogens with two attached hydrogens (primary N) is 1. The quantitative estimate of drug-likeness (QED) is 0.683. The summed E-state index contributed by atoms with van der Waals surface area (Å²) in [5.74, 6) is 1.42. The van der Waals surface area contributed by atoms with Crippen molar-refractivity contribution in [1.82, 2.24) is 4.90 Å². The Bertz CT molecular complexity index is 428. The standard InChI is InChI=1S/C15H22ClN3/c1-12-3-2-10-19(11-12)15(17)18-9-8-13-4-6-14(16)7-5-13/h4-7,12H,2-3,8-11H2,1H3,(H2,17,18). The van der Waals surface area contributed by atoms with Gasteiger partial charge in [-0.25, -0.2) is 0 Å². The predicted molar refractivity (Wildman–Crippen MR) is 81.6 cm³/mol. The van der Waals surface area contributed by atoms with Crippen LogP contribution in [-0.4, -0.2) is 30.5 Å². The minimum atomic E-state index is 0.695. The molecule has 1 saturated heterocycles. The molecule has 0 amide bonds. The van der Waals surface area contributed by atoms with Gasteiger partial charge in [0.1, 0.15) is 0 Å². The Hall–Kier alpha value is -1.22. The second kappa shape index (κ2) is 6.80.